The monoisotopic (exact) mass is 393 g/mol. The Balaban J connectivity index is 2.00. The molecular formula is C15H19BrF3N3O. The number of piperazine rings is 1. The number of carbonyl (C=O) groups excluding carboxylic acids is 1. The van der Waals surface area contributed by atoms with E-state index in [1.807, 2.05) is 0 Å². The van der Waals surface area contributed by atoms with Crippen molar-refractivity contribution in [3.63, 3.8) is 0 Å². The van der Waals surface area contributed by atoms with E-state index in [2.05, 4.69) is 15.9 Å². The van der Waals surface area contributed by atoms with Crippen LogP contribution in [0.1, 0.15) is 12.5 Å². The molecular weight excluding hydrogens is 375 g/mol. The van der Waals surface area contributed by atoms with Gasteiger partial charge in [-0.25, -0.2) is 0 Å². The zero-order valence-corrected chi connectivity index (χ0v) is 14.3. The minimum atomic E-state index is -4.22. The topological polar surface area (TPSA) is 49.6 Å². The molecule has 0 spiro atoms. The number of nitrogens with zero attached hydrogens (tertiary/aromatic N) is 2. The molecule has 0 bridgehead atoms. The number of amides is 1. The number of rotatable bonds is 3. The Morgan fingerprint density at radius 3 is 2.17 bits per heavy atom. The summed E-state index contributed by atoms with van der Waals surface area (Å²) in [4.78, 5) is 15.5. The fraction of sp³-hybridized carbons (Fsp3) is 0.533. The van der Waals surface area contributed by atoms with Gasteiger partial charge in [0.2, 0.25) is 5.91 Å². The molecule has 1 amide bonds. The van der Waals surface area contributed by atoms with E-state index < -0.39 is 18.3 Å². The lowest BCUT2D eigenvalue weighted by Gasteiger charge is -2.38. The van der Waals surface area contributed by atoms with Crippen molar-refractivity contribution in [3.05, 3.63) is 34.3 Å². The predicted octanol–water partition coefficient (Wildman–Crippen LogP) is 2.33. The van der Waals surface area contributed by atoms with E-state index in [-0.39, 0.29) is 32.1 Å². The van der Waals surface area contributed by atoms with Crippen LogP contribution in [0, 0.1) is 0 Å². The minimum Gasteiger partial charge on any atom is -0.338 e. The molecule has 1 aromatic rings. The SMILES string of the molecule is CC(N)(C(=O)N1CCN(CC(F)(F)F)CC1)c1ccc(Br)cc1. The summed E-state index contributed by atoms with van der Waals surface area (Å²) in [5.74, 6) is -0.272. The lowest BCUT2D eigenvalue weighted by atomic mass is 9.91. The van der Waals surface area contributed by atoms with E-state index >= 15 is 0 Å². The molecule has 0 aliphatic carbocycles. The van der Waals surface area contributed by atoms with Crippen LogP contribution in [0.2, 0.25) is 0 Å². The average Bonchev–Trinajstić information content (AvgIpc) is 2.46. The van der Waals surface area contributed by atoms with Crippen LogP contribution in [0.25, 0.3) is 0 Å². The van der Waals surface area contributed by atoms with Crippen molar-refractivity contribution in [3.8, 4) is 0 Å². The summed E-state index contributed by atoms with van der Waals surface area (Å²) >= 11 is 3.32. The Kier molecular flexibility index (Phi) is 5.37. The van der Waals surface area contributed by atoms with Gasteiger partial charge in [-0.2, -0.15) is 13.2 Å². The van der Waals surface area contributed by atoms with Gasteiger partial charge in [0.15, 0.2) is 0 Å². The zero-order valence-electron chi connectivity index (χ0n) is 12.7. The first kappa shape index (κ1) is 18.2. The Bertz CT molecular complexity index is 552. The van der Waals surface area contributed by atoms with E-state index in [0.717, 1.165) is 4.47 Å². The van der Waals surface area contributed by atoms with Crippen LogP contribution in [0.3, 0.4) is 0 Å². The second-order valence-electron chi connectivity index (χ2n) is 5.89. The van der Waals surface area contributed by atoms with Crippen LogP contribution < -0.4 is 5.73 Å². The van der Waals surface area contributed by atoms with Gasteiger partial charge in [-0.15, -0.1) is 0 Å². The molecule has 8 heteroatoms. The van der Waals surface area contributed by atoms with Crippen molar-refractivity contribution in [2.24, 2.45) is 5.73 Å². The lowest BCUT2D eigenvalue weighted by Crippen LogP contribution is -2.57. The summed E-state index contributed by atoms with van der Waals surface area (Å²) in [6.07, 6.45) is -4.22. The van der Waals surface area contributed by atoms with Gasteiger partial charge in [0.1, 0.15) is 5.54 Å². The normalized spacial score (nSPS) is 19.5. The minimum absolute atomic E-state index is 0.196. The van der Waals surface area contributed by atoms with Crippen molar-refractivity contribution in [2.75, 3.05) is 32.7 Å². The molecule has 0 aromatic heterocycles. The molecule has 0 saturated carbocycles. The Morgan fingerprint density at radius 2 is 1.70 bits per heavy atom. The number of carbonyl (C=O) groups is 1. The number of hydrogen-bond acceptors (Lipinski definition) is 3. The number of halogens is 4. The largest absolute Gasteiger partial charge is 0.401 e. The standard InChI is InChI=1S/C15H19BrF3N3O/c1-14(20,11-2-4-12(16)5-3-11)13(23)22-8-6-21(7-9-22)10-15(17,18)19/h2-5H,6-10,20H2,1H3. The van der Waals surface area contributed by atoms with Crippen LogP contribution in [0.4, 0.5) is 13.2 Å². The Labute approximate surface area is 141 Å². The van der Waals surface area contributed by atoms with Crippen LogP contribution >= 0.6 is 15.9 Å². The van der Waals surface area contributed by atoms with E-state index in [1.165, 1.54) is 9.80 Å². The molecule has 1 saturated heterocycles. The molecule has 23 heavy (non-hydrogen) atoms. The van der Waals surface area contributed by atoms with Gasteiger partial charge in [0.05, 0.1) is 6.54 Å². The van der Waals surface area contributed by atoms with E-state index in [0.29, 0.717) is 5.56 Å². The molecule has 1 unspecified atom stereocenters. The van der Waals surface area contributed by atoms with Crippen molar-refractivity contribution in [1.82, 2.24) is 9.80 Å². The van der Waals surface area contributed by atoms with Crippen molar-refractivity contribution >= 4 is 21.8 Å². The highest BCUT2D eigenvalue weighted by atomic mass is 79.9. The molecule has 1 heterocycles. The van der Waals surface area contributed by atoms with Crippen LogP contribution in [0.5, 0.6) is 0 Å². The summed E-state index contributed by atoms with van der Waals surface area (Å²) in [5, 5.41) is 0. The van der Waals surface area contributed by atoms with Gasteiger partial charge in [0.25, 0.3) is 0 Å². The van der Waals surface area contributed by atoms with Crippen molar-refractivity contribution in [1.29, 1.82) is 0 Å². The molecule has 1 fully saturated rings. The Morgan fingerprint density at radius 1 is 1.17 bits per heavy atom. The molecule has 2 N–H and O–H groups in total. The first-order valence-corrected chi connectivity index (χ1v) is 8.02. The quantitative estimate of drug-likeness (QED) is 0.857. The first-order chi connectivity index (χ1) is 10.6. The lowest BCUT2D eigenvalue weighted by molar-refractivity contribution is -0.153. The highest BCUT2D eigenvalue weighted by Crippen LogP contribution is 2.24. The van der Waals surface area contributed by atoms with Crippen molar-refractivity contribution < 1.29 is 18.0 Å². The average molecular weight is 394 g/mol. The molecule has 0 radical (unpaired) electrons. The summed E-state index contributed by atoms with van der Waals surface area (Å²) in [6.45, 7) is 1.57. The summed E-state index contributed by atoms with van der Waals surface area (Å²) in [5.41, 5.74) is 5.67. The molecule has 1 aromatic carbocycles. The van der Waals surface area contributed by atoms with E-state index in [9.17, 15) is 18.0 Å². The van der Waals surface area contributed by atoms with Crippen molar-refractivity contribution in [2.45, 2.75) is 18.6 Å². The molecule has 128 valence electrons. The summed E-state index contributed by atoms with van der Waals surface area (Å²) in [7, 11) is 0. The highest BCUT2D eigenvalue weighted by molar-refractivity contribution is 9.10. The molecule has 1 aliphatic heterocycles. The van der Waals surface area contributed by atoms with Gasteiger partial charge < -0.3 is 10.6 Å². The maximum atomic E-state index is 12.6. The van der Waals surface area contributed by atoms with Gasteiger partial charge in [-0.3, -0.25) is 9.69 Å². The van der Waals surface area contributed by atoms with Crippen LogP contribution in [-0.2, 0) is 10.3 Å². The van der Waals surface area contributed by atoms with Gasteiger partial charge in [-0.05, 0) is 24.6 Å². The van der Waals surface area contributed by atoms with E-state index in [1.54, 1.807) is 31.2 Å². The maximum Gasteiger partial charge on any atom is 0.401 e. The third-order valence-electron chi connectivity index (χ3n) is 3.95. The van der Waals surface area contributed by atoms with Crippen LogP contribution in [-0.4, -0.2) is 54.6 Å². The molecule has 4 nitrogen and oxygen atoms in total. The van der Waals surface area contributed by atoms with Gasteiger partial charge in [0, 0.05) is 30.7 Å². The molecule has 1 aliphatic rings. The second-order valence-corrected chi connectivity index (χ2v) is 6.81. The fourth-order valence-electron chi connectivity index (χ4n) is 2.61. The third-order valence-corrected chi connectivity index (χ3v) is 4.48. The van der Waals surface area contributed by atoms with Crippen LogP contribution in [0.15, 0.2) is 28.7 Å². The first-order valence-electron chi connectivity index (χ1n) is 7.23. The molecule has 2 rings (SSSR count). The number of benzene rings is 1. The zero-order chi connectivity index (χ0) is 17.3. The number of nitrogens with two attached hydrogens (primary N) is 1. The Hall–Kier alpha value is -1.12. The fourth-order valence-corrected chi connectivity index (χ4v) is 2.88. The van der Waals surface area contributed by atoms with Gasteiger partial charge in [-0.1, -0.05) is 28.1 Å². The van der Waals surface area contributed by atoms with Gasteiger partial charge >= 0.3 is 6.18 Å². The number of alkyl halides is 3. The second kappa shape index (κ2) is 6.78. The smallest absolute Gasteiger partial charge is 0.338 e. The third kappa shape index (κ3) is 4.68. The van der Waals surface area contributed by atoms with E-state index in [4.69, 9.17) is 5.73 Å². The number of hydrogen-bond donors (Lipinski definition) is 1. The molecule has 1 atom stereocenters. The maximum absolute atomic E-state index is 12.6. The highest BCUT2D eigenvalue weighted by Gasteiger charge is 2.37. The summed E-state index contributed by atoms with van der Waals surface area (Å²) in [6, 6.07) is 7.13. The summed E-state index contributed by atoms with van der Waals surface area (Å²) < 4.78 is 38.1. The predicted molar refractivity (Wildman–Crippen MR) is 84.8 cm³/mol.